The van der Waals surface area contributed by atoms with E-state index in [1.54, 1.807) is 12.5 Å². The number of benzene rings is 3. The number of carbonyl (C=O) groups is 1. The Hall–Kier alpha value is -4.26. The predicted molar refractivity (Wildman–Crippen MR) is 166 cm³/mol. The molecule has 1 aliphatic heterocycles. The normalized spacial score (nSPS) is 14.9. The molecule has 3 heterocycles. The molecule has 42 heavy (non-hydrogen) atoms. The summed E-state index contributed by atoms with van der Waals surface area (Å²) in [5.74, 6) is -0.151. The molecule has 0 bridgehead atoms. The fourth-order valence-electron chi connectivity index (χ4n) is 6.03. The van der Waals surface area contributed by atoms with Gasteiger partial charge in [0.05, 0.1) is 24.3 Å². The highest BCUT2D eigenvalue weighted by Gasteiger charge is 2.38. The lowest BCUT2D eigenvalue weighted by Crippen LogP contribution is -2.43. The number of amides is 1. The van der Waals surface area contributed by atoms with Crippen LogP contribution in [0.25, 0.3) is 0 Å². The van der Waals surface area contributed by atoms with Gasteiger partial charge in [-0.1, -0.05) is 90.5 Å². The predicted octanol–water partition coefficient (Wildman–Crippen LogP) is 6.49. The fraction of sp³-hybridized carbons (Fsp3) is 0.229. The molecular weight excluding hydrogens is 542 g/mol. The molecule has 7 heteroatoms. The second-order valence-electron chi connectivity index (χ2n) is 10.9. The number of imidazole rings is 1. The van der Waals surface area contributed by atoms with E-state index in [0.29, 0.717) is 30.4 Å². The molecule has 1 saturated heterocycles. The van der Waals surface area contributed by atoms with Crippen molar-refractivity contribution in [2.24, 2.45) is 0 Å². The summed E-state index contributed by atoms with van der Waals surface area (Å²) in [6.45, 7) is 3.30. The summed E-state index contributed by atoms with van der Waals surface area (Å²) >= 11 is 6.11. The quantitative estimate of drug-likeness (QED) is 0.218. The van der Waals surface area contributed by atoms with Crippen LogP contribution in [0.3, 0.4) is 0 Å². The van der Waals surface area contributed by atoms with E-state index in [4.69, 9.17) is 16.6 Å². The number of aromatic nitrogens is 3. The first-order chi connectivity index (χ1) is 20.6. The Labute approximate surface area is 252 Å². The van der Waals surface area contributed by atoms with Crippen molar-refractivity contribution in [2.45, 2.75) is 37.9 Å². The molecule has 0 radical (unpaired) electrons. The van der Waals surface area contributed by atoms with Gasteiger partial charge in [0.1, 0.15) is 5.69 Å². The van der Waals surface area contributed by atoms with Crippen LogP contribution >= 0.6 is 11.6 Å². The highest BCUT2D eigenvalue weighted by molar-refractivity contribution is 6.30. The van der Waals surface area contributed by atoms with E-state index in [1.165, 1.54) is 11.1 Å². The highest BCUT2D eigenvalue weighted by Crippen LogP contribution is 2.42. The number of likely N-dealkylation sites (tertiary alicyclic amines) is 1. The van der Waals surface area contributed by atoms with E-state index >= 15 is 0 Å². The average molecular weight is 576 g/mol. The third kappa shape index (κ3) is 6.15. The Balaban J connectivity index is 1.23. The minimum atomic E-state index is -0.151. The summed E-state index contributed by atoms with van der Waals surface area (Å²) in [5.41, 5.74) is 5.92. The van der Waals surface area contributed by atoms with Crippen LogP contribution in [0.2, 0.25) is 5.02 Å². The number of rotatable bonds is 9. The zero-order valence-corrected chi connectivity index (χ0v) is 24.3. The molecule has 6 nitrogen and oxygen atoms in total. The van der Waals surface area contributed by atoms with Gasteiger partial charge >= 0.3 is 0 Å². The second-order valence-corrected chi connectivity index (χ2v) is 11.3. The molecule has 0 aliphatic carbocycles. The van der Waals surface area contributed by atoms with Crippen LogP contribution in [0.1, 0.15) is 51.4 Å². The van der Waals surface area contributed by atoms with Crippen LogP contribution in [0, 0.1) is 0 Å². The minimum absolute atomic E-state index is 0.0319. The van der Waals surface area contributed by atoms with E-state index in [0.717, 1.165) is 42.9 Å². The van der Waals surface area contributed by atoms with Crippen LogP contribution in [0.4, 0.5) is 0 Å². The van der Waals surface area contributed by atoms with Crippen molar-refractivity contribution in [3.05, 3.63) is 154 Å². The van der Waals surface area contributed by atoms with Crippen LogP contribution in [-0.2, 0) is 25.0 Å². The van der Waals surface area contributed by atoms with Crippen LogP contribution in [0.5, 0.6) is 0 Å². The molecule has 1 aliphatic rings. The standard InChI is InChI=1S/C35H34ClN5O/c36-30-16-14-27(15-17-30)24-41-26-39-32(33(41)34(42)38-23-31-13-7-8-20-37-31)25-40-21-18-35(19-22-40,28-9-3-1-4-10-28)29-11-5-2-6-12-29/h1-17,20,26H,18-19,21-25H2,(H,38,42). The van der Waals surface area contributed by atoms with Gasteiger partial charge in [-0.2, -0.15) is 0 Å². The molecule has 0 saturated carbocycles. The van der Waals surface area contributed by atoms with Crippen molar-refractivity contribution in [1.29, 1.82) is 0 Å². The van der Waals surface area contributed by atoms with Gasteiger partial charge < -0.3 is 9.88 Å². The number of carbonyl (C=O) groups excluding carboxylic acids is 1. The smallest absolute Gasteiger partial charge is 0.270 e. The van der Waals surface area contributed by atoms with Crippen LogP contribution in [0.15, 0.2) is 116 Å². The largest absolute Gasteiger partial charge is 0.345 e. The van der Waals surface area contributed by atoms with Gasteiger partial charge in [0.2, 0.25) is 0 Å². The van der Waals surface area contributed by atoms with E-state index in [9.17, 15) is 4.79 Å². The maximum absolute atomic E-state index is 13.6. The Bertz CT molecular complexity index is 1550. The van der Waals surface area contributed by atoms with Crippen molar-refractivity contribution in [2.75, 3.05) is 13.1 Å². The summed E-state index contributed by atoms with van der Waals surface area (Å²) in [6.07, 6.45) is 5.50. The average Bonchev–Trinajstić information content (AvgIpc) is 3.44. The highest BCUT2D eigenvalue weighted by atomic mass is 35.5. The van der Waals surface area contributed by atoms with Crippen molar-refractivity contribution < 1.29 is 4.79 Å². The Morgan fingerprint density at radius 2 is 1.43 bits per heavy atom. The van der Waals surface area contributed by atoms with Crippen molar-refractivity contribution in [3.8, 4) is 0 Å². The molecule has 1 N–H and O–H groups in total. The lowest BCUT2D eigenvalue weighted by Gasteiger charge is -2.43. The SMILES string of the molecule is O=C(NCc1ccccn1)c1c(CN2CCC(c3ccccc3)(c3ccccc3)CC2)ncn1Cc1ccc(Cl)cc1. The maximum atomic E-state index is 13.6. The molecule has 0 unspecified atom stereocenters. The number of hydrogen-bond acceptors (Lipinski definition) is 4. The molecule has 1 amide bonds. The van der Waals surface area contributed by atoms with Gasteiger partial charge in [-0.05, 0) is 66.9 Å². The molecular formula is C35H34ClN5O. The molecule has 1 fully saturated rings. The number of nitrogens with zero attached hydrogens (tertiary/aromatic N) is 4. The first-order valence-electron chi connectivity index (χ1n) is 14.4. The summed E-state index contributed by atoms with van der Waals surface area (Å²) in [6, 6.07) is 35.1. The minimum Gasteiger partial charge on any atom is -0.345 e. The summed E-state index contributed by atoms with van der Waals surface area (Å²) in [4.78, 5) is 25.2. The van der Waals surface area contributed by atoms with Gasteiger partial charge in [-0.25, -0.2) is 4.98 Å². The molecule has 0 atom stereocenters. The zero-order valence-electron chi connectivity index (χ0n) is 23.5. The number of piperidine rings is 1. The summed E-state index contributed by atoms with van der Waals surface area (Å²) in [5, 5.41) is 3.75. The first-order valence-corrected chi connectivity index (χ1v) is 14.8. The number of nitrogens with one attached hydrogen (secondary N) is 1. The third-order valence-electron chi connectivity index (χ3n) is 8.29. The molecule has 2 aromatic heterocycles. The van der Waals surface area contributed by atoms with Gasteiger partial charge in [-0.15, -0.1) is 0 Å². The third-order valence-corrected chi connectivity index (χ3v) is 8.54. The number of hydrogen-bond donors (Lipinski definition) is 1. The second kappa shape index (κ2) is 12.7. The monoisotopic (exact) mass is 575 g/mol. The van der Waals surface area contributed by atoms with E-state index in [-0.39, 0.29) is 11.3 Å². The van der Waals surface area contributed by atoms with Crippen molar-refractivity contribution >= 4 is 17.5 Å². The van der Waals surface area contributed by atoms with Crippen LogP contribution in [-0.4, -0.2) is 38.4 Å². The van der Waals surface area contributed by atoms with E-state index in [2.05, 4.69) is 75.9 Å². The summed E-state index contributed by atoms with van der Waals surface area (Å²) in [7, 11) is 0. The fourth-order valence-corrected chi connectivity index (χ4v) is 6.15. The maximum Gasteiger partial charge on any atom is 0.270 e. The van der Waals surface area contributed by atoms with Crippen molar-refractivity contribution in [1.82, 2.24) is 24.8 Å². The molecule has 5 aromatic rings. The molecule has 3 aromatic carbocycles. The van der Waals surface area contributed by atoms with Gasteiger partial charge in [0.15, 0.2) is 0 Å². The number of pyridine rings is 1. The van der Waals surface area contributed by atoms with E-state index in [1.807, 2.05) is 47.0 Å². The Morgan fingerprint density at radius 1 is 0.786 bits per heavy atom. The summed E-state index contributed by atoms with van der Waals surface area (Å²) < 4.78 is 1.94. The van der Waals surface area contributed by atoms with Gasteiger partial charge in [0.25, 0.3) is 5.91 Å². The first kappa shape index (κ1) is 27.9. The topological polar surface area (TPSA) is 63.1 Å². The van der Waals surface area contributed by atoms with Crippen LogP contribution < -0.4 is 5.32 Å². The van der Waals surface area contributed by atoms with Crippen molar-refractivity contribution in [3.63, 3.8) is 0 Å². The van der Waals surface area contributed by atoms with Gasteiger partial charge in [-0.3, -0.25) is 14.7 Å². The van der Waals surface area contributed by atoms with Gasteiger partial charge in [0, 0.05) is 29.7 Å². The molecule has 212 valence electrons. The van der Waals surface area contributed by atoms with E-state index < -0.39 is 0 Å². The lowest BCUT2D eigenvalue weighted by molar-refractivity contribution is 0.0937. The molecule has 6 rings (SSSR count). The Kier molecular flexibility index (Phi) is 8.45. The Morgan fingerprint density at radius 3 is 2.05 bits per heavy atom. The number of halogens is 1. The lowest BCUT2D eigenvalue weighted by atomic mass is 9.68. The zero-order chi connectivity index (χ0) is 28.8. The molecule has 0 spiro atoms.